The van der Waals surface area contributed by atoms with Crippen molar-refractivity contribution in [2.75, 3.05) is 5.73 Å². The zero-order valence-corrected chi connectivity index (χ0v) is 11.8. The first kappa shape index (κ1) is 12.9. The number of anilines is 1. The summed E-state index contributed by atoms with van der Waals surface area (Å²) in [5.41, 5.74) is 8.95. The minimum absolute atomic E-state index is 0.0409. The molecule has 0 spiro atoms. The fourth-order valence-electron chi connectivity index (χ4n) is 2.28. The second-order valence-electron chi connectivity index (χ2n) is 5.91. The monoisotopic (exact) mass is 245 g/mol. The molecule has 2 rings (SSSR count). The number of hydrogen-bond donors (Lipinski definition) is 1. The van der Waals surface area contributed by atoms with Crippen molar-refractivity contribution in [3.8, 4) is 0 Å². The van der Waals surface area contributed by atoms with E-state index in [1.165, 1.54) is 12.8 Å². The lowest BCUT2D eigenvalue weighted by molar-refractivity contribution is 0.495. The van der Waals surface area contributed by atoms with Gasteiger partial charge in [0.2, 0.25) is 0 Å². The molecule has 0 radical (unpaired) electrons. The fourth-order valence-corrected chi connectivity index (χ4v) is 2.28. The van der Waals surface area contributed by atoms with Crippen LogP contribution in [-0.4, -0.2) is 9.55 Å². The van der Waals surface area contributed by atoms with Gasteiger partial charge >= 0.3 is 0 Å². The number of nitrogens with two attached hydrogens (primary N) is 1. The SMILES string of the molecule is CCCCn1c(C(C)(C)C)nc2c(N)cccc21. The molecule has 0 aliphatic carbocycles. The van der Waals surface area contributed by atoms with E-state index < -0.39 is 0 Å². The Bertz CT molecular complexity index is 547. The average molecular weight is 245 g/mol. The Morgan fingerprint density at radius 1 is 1.28 bits per heavy atom. The predicted octanol–water partition coefficient (Wildman–Crippen LogP) is 3.72. The van der Waals surface area contributed by atoms with Gasteiger partial charge in [0.05, 0.1) is 11.2 Å². The minimum Gasteiger partial charge on any atom is -0.397 e. The van der Waals surface area contributed by atoms with Crippen molar-refractivity contribution in [2.45, 2.75) is 52.5 Å². The molecule has 1 heterocycles. The molecule has 1 aromatic heterocycles. The van der Waals surface area contributed by atoms with Crippen molar-refractivity contribution >= 4 is 16.7 Å². The number of nitrogens with zero attached hydrogens (tertiary/aromatic N) is 2. The quantitative estimate of drug-likeness (QED) is 0.838. The number of benzene rings is 1. The lowest BCUT2D eigenvalue weighted by atomic mass is 9.95. The van der Waals surface area contributed by atoms with Gasteiger partial charge in [-0.1, -0.05) is 40.2 Å². The molecule has 0 saturated carbocycles. The van der Waals surface area contributed by atoms with Gasteiger partial charge in [-0.05, 0) is 18.6 Å². The van der Waals surface area contributed by atoms with Crippen molar-refractivity contribution in [3.05, 3.63) is 24.0 Å². The highest BCUT2D eigenvalue weighted by atomic mass is 15.1. The van der Waals surface area contributed by atoms with Crippen molar-refractivity contribution < 1.29 is 0 Å². The molecule has 0 fully saturated rings. The van der Waals surface area contributed by atoms with Crippen LogP contribution in [0.5, 0.6) is 0 Å². The highest BCUT2D eigenvalue weighted by molar-refractivity contribution is 5.87. The van der Waals surface area contributed by atoms with Gasteiger partial charge in [-0.3, -0.25) is 0 Å². The Morgan fingerprint density at radius 3 is 2.61 bits per heavy atom. The van der Waals surface area contributed by atoms with Crippen LogP contribution in [0.15, 0.2) is 18.2 Å². The lowest BCUT2D eigenvalue weighted by Gasteiger charge is -2.20. The number of rotatable bonds is 3. The molecule has 98 valence electrons. The number of unbranched alkanes of at least 4 members (excludes halogenated alkanes) is 1. The molecular weight excluding hydrogens is 222 g/mol. The van der Waals surface area contributed by atoms with Crippen molar-refractivity contribution in [2.24, 2.45) is 0 Å². The smallest absolute Gasteiger partial charge is 0.115 e. The Balaban J connectivity index is 2.65. The average Bonchev–Trinajstić information content (AvgIpc) is 2.66. The molecule has 0 atom stereocenters. The van der Waals surface area contributed by atoms with Gasteiger partial charge in [-0.2, -0.15) is 0 Å². The van der Waals surface area contributed by atoms with Crippen LogP contribution in [0, 0.1) is 0 Å². The number of fused-ring (bicyclic) bond motifs is 1. The van der Waals surface area contributed by atoms with Crippen molar-refractivity contribution in [3.63, 3.8) is 0 Å². The molecule has 1 aromatic carbocycles. The number of aryl methyl sites for hydroxylation is 1. The first-order valence-corrected chi connectivity index (χ1v) is 6.70. The highest BCUT2D eigenvalue weighted by Gasteiger charge is 2.23. The molecule has 0 aliphatic rings. The molecule has 18 heavy (non-hydrogen) atoms. The third-order valence-electron chi connectivity index (χ3n) is 3.22. The minimum atomic E-state index is 0.0409. The lowest BCUT2D eigenvalue weighted by Crippen LogP contribution is -2.19. The fraction of sp³-hybridized carbons (Fsp3) is 0.533. The van der Waals surface area contributed by atoms with E-state index in [2.05, 4.69) is 38.3 Å². The van der Waals surface area contributed by atoms with Gasteiger partial charge in [-0.25, -0.2) is 4.98 Å². The number of aromatic nitrogens is 2. The summed E-state index contributed by atoms with van der Waals surface area (Å²) in [5, 5.41) is 0. The summed E-state index contributed by atoms with van der Waals surface area (Å²) in [6.45, 7) is 9.83. The molecule has 2 aromatic rings. The molecular formula is C15H23N3. The summed E-state index contributed by atoms with van der Waals surface area (Å²) in [5.74, 6) is 1.13. The Hall–Kier alpha value is -1.51. The Labute approximate surface area is 109 Å². The van der Waals surface area contributed by atoms with Crippen molar-refractivity contribution in [1.82, 2.24) is 9.55 Å². The van der Waals surface area contributed by atoms with Crippen LogP contribution in [-0.2, 0) is 12.0 Å². The van der Waals surface area contributed by atoms with E-state index in [-0.39, 0.29) is 5.41 Å². The first-order valence-electron chi connectivity index (χ1n) is 6.70. The largest absolute Gasteiger partial charge is 0.397 e. The van der Waals surface area contributed by atoms with Gasteiger partial charge in [-0.15, -0.1) is 0 Å². The van der Waals surface area contributed by atoms with Crippen LogP contribution in [0.1, 0.15) is 46.4 Å². The van der Waals surface area contributed by atoms with Crippen LogP contribution >= 0.6 is 0 Å². The second kappa shape index (κ2) is 4.63. The van der Waals surface area contributed by atoms with Crippen LogP contribution in [0.2, 0.25) is 0 Å². The number of imidazole rings is 1. The third kappa shape index (κ3) is 2.22. The number of para-hydroxylation sites is 1. The molecule has 0 unspecified atom stereocenters. The summed E-state index contributed by atoms with van der Waals surface area (Å²) >= 11 is 0. The zero-order valence-electron chi connectivity index (χ0n) is 11.8. The van der Waals surface area contributed by atoms with Gasteiger partial charge in [0, 0.05) is 12.0 Å². The summed E-state index contributed by atoms with van der Waals surface area (Å²) < 4.78 is 2.33. The summed E-state index contributed by atoms with van der Waals surface area (Å²) in [6.07, 6.45) is 2.36. The predicted molar refractivity (Wildman–Crippen MR) is 77.8 cm³/mol. The molecule has 2 N–H and O–H groups in total. The van der Waals surface area contributed by atoms with Gasteiger partial charge in [0.25, 0.3) is 0 Å². The topological polar surface area (TPSA) is 43.8 Å². The van der Waals surface area contributed by atoms with E-state index in [0.29, 0.717) is 0 Å². The maximum atomic E-state index is 6.03. The second-order valence-corrected chi connectivity index (χ2v) is 5.91. The standard InChI is InChI=1S/C15H23N3/c1-5-6-10-18-12-9-7-8-11(16)13(12)17-14(18)15(2,3)4/h7-9H,5-6,10,16H2,1-4H3. The van der Waals surface area contributed by atoms with Crippen LogP contribution < -0.4 is 5.73 Å². The number of nitrogen functional groups attached to an aromatic ring is 1. The van der Waals surface area contributed by atoms with Gasteiger partial charge in [0.1, 0.15) is 11.3 Å². The van der Waals surface area contributed by atoms with E-state index in [9.17, 15) is 0 Å². The van der Waals surface area contributed by atoms with E-state index in [4.69, 9.17) is 10.7 Å². The van der Waals surface area contributed by atoms with Crippen LogP contribution in [0.3, 0.4) is 0 Å². The molecule has 0 bridgehead atoms. The molecule has 0 amide bonds. The highest BCUT2D eigenvalue weighted by Crippen LogP contribution is 2.29. The Kier molecular flexibility index (Phi) is 3.33. The molecule has 3 nitrogen and oxygen atoms in total. The van der Waals surface area contributed by atoms with Gasteiger partial charge in [0.15, 0.2) is 0 Å². The van der Waals surface area contributed by atoms with Crippen molar-refractivity contribution in [1.29, 1.82) is 0 Å². The Morgan fingerprint density at radius 2 is 2.00 bits per heavy atom. The maximum absolute atomic E-state index is 6.03. The normalized spacial score (nSPS) is 12.2. The number of hydrogen-bond acceptors (Lipinski definition) is 2. The zero-order chi connectivity index (χ0) is 13.3. The summed E-state index contributed by atoms with van der Waals surface area (Å²) in [6, 6.07) is 6.05. The molecule has 3 heteroatoms. The maximum Gasteiger partial charge on any atom is 0.115 e. The molecule has 0 aliphatic heterocycles. The molecule has 0 saturated heterocycles. The van der Waals surface area contributed by atoms with Crippen LogP contribution in [0.25, 0.3) is 11.0 Å². The summed E-state index contributed by atoms with van der Waals surface area (Å²) in [7, 11) is 0. The van der Waals surface area contributed by atoms with Gasteiger partial charge < -0.3 is 10.3 Å². The van der Waals surface area contributed by atoms with E-state index >= 15 is 0 Å². The first-order chi connectivity index (χ1) is 8.45. The van der Waals surface area contributed by atoms with E-state index in [1.54, 1.807) is 0 Å². The van der Waals surface area contributed by atoms with Crippen LogP contribution in [0.4, 0.5) is 5.69 Å². The third-order valence-corrected chi connectivity index (χ3v) is 3.22. The van der Waals surface area contributed by atoms with E-state index in [0.717, 1.165) is 29.1 Å². The summed E-state index contributed by atoms with van der Waals surface area (Å²) in [4.78, 5) is 4.77. The van der Waals surface area contributed by atoms with E-state index in [1.807, 2.05) is 12.1 Å².